The highest BCUT2D eigenvalue weighted by atomic mass is 32.1. The maximum atomic E-state index is 12.4. The summed E-state index contributed by atoms with van der Waals surface area (Å²) in [6.45, 7) is 3.29. The number of nitrogens with zero attached hydrogens (tertiary/aromatic N) is 1. The molecule has 1 amide bonds. The number of amides is 1. The van der Waals surface area contributed by atoms with E-state index in [0.29, 0.717) is 27.9 Å². The number of likely N-dealkylation sites (tertiary alicyclic amines) is 1. The molecule has 1 aromatic carbocycles. The number of hydrogen-bond acceptors (Lipinski definition) is 6. The van der Waals surface area contributed by atoms with Crippen LogP contribution in [0.3, 0.4) is 0 Å². The van der Waals surface area contributed by atoms with Crippen LogP contribution in [0.5, 0.6) is 11.5 Å². The Morgan fingerprint density at radius 1 is 1.17 bits per heavy atom. The second kappa shape index (κ2) is 9.80. The number of thiocarbonyl (C=S) groups is 1. The Morgan fingerprint density at radius 3 is 2.57 bits per heavy atom. The lowest BCUT2D eigenvalue weighted by Crippen LogP contribution is -2.45. The zero-order valence-electron chi connectivity index (χ0n) is 17.4. The van der Waals surface area contributed by atoms with Crippen molar-refractivity contribution in [3.05, 3.63) is 35.0 Å². The molecule has 2 aliphatic rings. The van der Waals surface area contributed by atoms with E-state index in [1.165, 1.54) is 14.2 Å². The van der Waals surface area contributed by atoms with Crippen LogP contribution in [-0.2, 0) is 14.3 Å². The van der Waals surface area contributed by atoms with Crippen molar-refractivity contribution in [2.24, 2.45) is 0 Å². The molecule has 1 atom stereocenters. The van der Waals surface area contributed by atoms with Crippen LogP contribution in [0.25, 0.3) is 0 Å². The fourth-order valence-electron chi connectivity index (χ4n) is 3.68. The Hall–Kier alpha value is -2.81. The molecule has 2 aliphatic heterocycles. The van der Waals surface area contributed by atoms with Gasteiger partial charge in [0.05, 0.1) is 25.8 Å². The van der Waals surface area contributed by atoms with Crippen molar-refractivity contribution < 1.29 is 23.8 Å². The van der Waals surface area contributed by atoms with Crippen molar-refractivity contribution in [2.45, 2.75) is 32.2 Å². The molecule has 0 bridgehead atoms. The molecule has 30 heavy (non-hydrogen) atoms. The van der Waals surface area contributed by atoms with Crippen LogP contribution in [-0.4, -0.2) is 55.8 Å². The predicted octanol–water partition coefficient (Wildman–Crippen LogP) is 2.05. The van der Waals surface area contributed by atoms with Crippen molar-refractivity contribution in [1.29, 1.82) is 0 Å². The van der Waals surface area contributed by atoms with E-state index in [2.05, 4.69) is 10.6 Å². The SMILES string of the molecule is COC(=O)C1=C(C)NC(=S)N[C@@H]1c1ccc(OCC(=O)N2CCCCC2)c(OC)c1. The summed E-state index contributed by atoms with van der Waals surface area (Å²) < 4.78 is 16.1. The minimum absolute atomic E-state index is 0.0299. The van der Waals surface area contributed by atoms with Crippen LogP contribution in [0.1, 0.15) is 37.8 Å². The van der Waals surface area contributed by atoms with Crippen LogP contribution >= 0.6 is 12.2 Å². The number of esters is 1. The quantitative estimate of drug-likeness (QED) is 0.521. The van der Waals surface area contributed by atoms with Crippen LogP contribution in [0.15, 0.2) is 29.5 Å². The topological polar surface area (TPSA) is 89.1 Å². The predicted molar refractivity (Wildman–Crippen MR) is 115 cm³/mol. The molecule has 1 fully saturated rings. The number of methoxy groups -OCH3 is 2. The first-order valence-corrected chi connectivity index (χ1v) is 10.3. The highest BCUT2D eigenvalue weighted by Crippen LogP contribution is 2.34. The number of benzene rings is 1. The Morgan fingerprint density at radius 2 is 1.90 bits per heavy atom. The molecule has 1 saturated heterocycles. The highest BCUT2D eigenvalue weighted by molar-refractivity contribution is 7.80. The van der Waals surface area contributed by atoms with Crippen LogP contribution < -0.4 is 20.1 Å². The molecule has 0 aromatic heterocycles. The van der Waals surface area contributed by atoms with Gasteiger partial charge in [-0.2, -0.15) is 0 Å². The summed E-state index contributed by atoms with van der Waals surface area (Å²) in [6, 6.07) is 4.81. The van der Waals surface area contributed by atoms with Gasteiger partial charge in [-0.15, -0.1) is 0 Å². The lowest BCUT2D eigenvalue weighted by atomic mass is 9.95. The first-order chi connectivity index (χ1) is 14.4. The average Bonchev–Trinajstić information content (AvgIpc) is 2.76. The summed E-state index contributed by atoms with van der Waals surface area (Å²) >= 11 is 5.25. The Balaban J connectivity index is 1.79. The number of hydrogen-bond donors (Lipinski definition) is 2. The first kappa shape index (κ1) is 21.9. The van der Waals surface area contributed by atoms with Gasteiger partial charge in [0.15, 0.2) is 23.2 Å². The normalized spacial score (nSPS) is 19.0. The van der Waals surface area contributed by atoms with E-state index in [0.717, 1.165) is 37.9 Å². The van der Waals surface area contributed by atoms with Crippen molar-refractivity contribution in [2.75, 3.05) is 33.9 Å². The van der Waals surface area contributed by atoms with Crippen molar-refractivity contribution in [3.8, 4) is 11.5 Å². The Labute approximate surface area is 181 Å². The molecular weight excluding hydrogens is 406 g/mol. The summed E-state index contributed by atoms with van der Waals surface area (Å²) in [5.74, 6) is 0.444. The van der Waals surface area contributed by atoms with Gasteiger partial charge < -0.3 is 29.7 Å². The summed E-state index contributed by atoms with van der Waals surface area (Å²) in [5, 5.41) is 6.46. The molecule has 2 N–H and O–H groups in total. The minimum Gasteiger partial charge on any atom is -0.493 e. The fraction of sp³-hybridized carbons (Fsp3) is 0.476. The molecule has 1 aromatic rings. The summed E-state index contributed by atoms with van der Waals surface area (Å²) in [7, 11) is 2.87. The number of carbonyl (C=O) groups is 2. The minimum atomic E-state index is -0.496. The zero-order valence-corrected chi connectivity index (χ0v) is 18.3. The fourth-order valence-corrected chi connectivity index (χ4v) is 3.95. The summed E-state index contributed by atoms with van der Waals surface area (Å²) in [4.78, 5) is 26.5. The smallest absolute Gasteiger partial charge is 0.337 e. The highest BCUT2D eigenvalue weighted by Gasteiger charge is 2.31. The molecule has 0 radical (unpaired) electrons. The van der Waals surface area contributed by atoms with Gasteiger partial charge in [-0.1, -0.05) is 6.07 Å². The first-order valence-electron chi connectivity index (χ1n) is 9.89. The van der Waals surface area contributed by atoms with E-state index in [9.17, 15) is 9.59 Å². The maximum Gasteiger partial charge on any atom is 0.337 e. The lowest BCUT2D eigenvalue weighted by Gasteiger charge is -2.30. The molecule has 3 rings (SSSR count). The zero-order chi connectivity index (χ0) is 21.7. The molecule has 162 valence electrons. The molecule has 8 nitrogen and oxygen atoms in total. The molecule has 0 unspecified atom stereocenters. The largest absolute Gasteiger partial charge is 0.493 e. The summed E-state index contributed by atoms with van der Waals surface area (Å²) in [5.41, 5.74) is 1.81. The second-order valence-electron chi connectivity index (χ2n) is 7.20. The number of nitrogens with one attached hydrogen (secondary N) is 2. The Bertz CT molecular complexity index is 864. The number of ether oxygens (including phenoxy) is 3. The average molecular weight is 434 g/mol. The van der Waals surface area contributed by atoms with Gasteiger partial charge >= 0.3 is 5.97 Å². The third kappa shape index (κ3) is 4.84. The van der Waals surface area contributed by atoms with Crippen LogP contribution in [0, 0.1) is 0 Å². The van der Waals surface area contributed by atoms with Crippen molar-refractivity contribution in [3.63, 3.8) is 0 Å². The monoisotopic (exact) mass is 433 g/mol. The number of rotatable bonds is 6. The molecule has 2 heterocycles. The lowest BCUT2D eigenvalue weighted by molar-refractivity contribution is -0.136. The molecule has 0 spiro atoms. The van der Waals surface area contributed by atoms with E-state index in [1.54, 1.807) is 19.1 Å². The third-order valence-electron chi connectivity index (χ3n) is 5.26. The number of carbonyl (C=O) groups excluding carboxylic acids is 2. The van der Waals surface area contributed by atoms with Crippen molar-refractivity contribution in [1.82, 2.24) is 15.5 Å². The second-order valence-corrected chi connectivity index (χ2v) is 7.61. The van der Waals surface area contributed by atoms with Crippen molar-refractivity contribution >= 4 is 29.2 Å². The van der Waals surface area contributed by atoms with E-state index >= 15 is 0 Å². The molecule has 0 aliphatic carbocycles. The van der Waals surface area contributed by atoms with E-state index in [-0.39, 0.29) is 12.5 Å². The van der Waals surface area contributed by atoms with Gasteiger partial charge in [0.25, 0.3) is 5.91 Å². The molecular formula is C21H27N3O5S. The number of allylic oxidation sites excluding steroid dienone is 1. The van der Waals surface area contributed by atoms with Gasteiger partial charge in [0.2, 0.25) is 0 Å². The Kier molecular flexibility index (Phi) is 7.15. The van der Waals surface area contributed by atoms with E-state index in [1.807, 2.05) is 11.0 Å². The van der Waals surface area contributed by atoms with Gasteiger partial charge in [-0.05, 0) is 56.1 Å². The van der Waals surface area contributed by atoms with E-state index < -0.39 is 12.0 Å². The standard InChI is InChI=1S/C21H27N3O5S/c1-13-18(20(26)28-3)19(23-21(30)22-13)14-7-8-15(16(11-14)27-2)29-12-17(25)24-9-5-4-6-10-24/h7-8,11,19H,4-6,9-10,12H2,1-3H3,(H2,22,23,30)/t19-/m1/s1. The van der Waals surface area contributed by atoms with Gasteiger partial charge in [-0.25, -0.2) is 4.79 Å². The van der Waals surface area contributed by atoms with Crippen LogP contribution in [0.4, 0.5) is 0 Å². The third-order valence-corrected chi connectivity index (χ3v) is 5.48. The molecule has 0 saturated carbocycles. The summed E-state index contributed by atoms with van der Waals surface area (Å²) in [6.07, 6.45) is 3.23. The maximum absolute atomic E-state index is 12.4. The number of piperidine rings is 1. The van der Waals surface area contributed by atoms with Gasteiger partial charge in [-0.3, -0.25) is 4.79 Å². The van der Waals surface area contributed by atoms with E-state index in [4.69, 9.17) is 26.4 Å². The van der Waals surface area contributed by atoms with Gasteiger partial charge in [0, 0.05) is 18.8 Å². The molecule has 9 heteroatoms. The van der Waals surface area contributed by atoms with Crippen LogP contribution in [0.2, 0.25) is 0 Å². The van der Waals surface area contributed by atoms with Gasteiger partial charge in [0.1, 0.15) is 0 Å².